The lowest BCUT2D eigenvalue weighted by molar-refractivity contribution is -0.384. The van der Waals surface area contributed by atoms with E-state index in [0.717, 1.165) is 0 Å². The molecule has 2 amide bonds. The van der Waals surface area contributed by atoms with Crippen LogP contribution < -0.4 is 5.32 Å². The highest BCUT2D eigenvalue weighted by Gasteiger charge is 2.58. The molecule has 15 nitrogen and oxygen atoms in total. The minimum absolute atomic E-state index is 0.0885. The lowest BCUT2D eigenvalue weighted by Crippen LogP contribution is -2.75. The summed E-state index contributed by atoms with van der Waals surface area (Å²) in [7, 11) is 1.34. The first-order chi connectivity index (χ1) is 20.3. The minimum atomic E-state index is -1.45. The Bertz CT molecular complexity index is 1410. The van der Waals surface area contributed by atoms with Crippen molar-refractivity contribution < 1.29 is 43.1 Å². The number of nitrogens with one attached hydrogen (secondary N) is 1. The lowest BCUT2D eigenvalue weighted by atomic mass is 9.99. The number of non-ortho nitro benzene ring substituents is 1. The first-order valence-electron chi connectivity index (χ1n) is 12.8. The maximum Gasteiger partial charge on any atom is 0.347 e. The van der Waals surface area contributed by atoms with Gasteiger partial charge in [-0.1, -0.05) is 5.16 Å². The van der Waals surface area contributed by atoms with Gasteiger partial charge in [0, 0.05) is 30.4 Å². The molecular formula is C26H29N5O10S2. The molecule has 1 aromatic carbocycles. The van der Waals surface area contributed by atoms with Crippen LogP contribution in [0.2, 0.25) is 0 Å². The number of ether oxygens (including phenoxy) is 3. The number of aromatic nitrogens is 1. The van der Waals surface area contributed by atoms with Gasteiger partial charge >= 0.3 is 11.9 Å². The molecular weight excluding hydrogens is 606 g/mol. The SMILES string of the molecule is COC1(C(=O)OCc2ccc([N+](=O)[O-])cc2)CS[C@@H]2C(NC(=O)C(=NOCC(=O)OC(C)(C)C)c3cscn3)C(=O)N2C1. The van der Waals surface area contributed by atoms with E-state index in [0.29, 0.717) is 5.56 Å². The van der Waals surface area contributed by atoms with Gasteiger partial charge in [-0.2, -0.15) is 0 Å². The van der Waals surface area contributed by atoms with E-state index >= 15 is 0 Å². The molecule has 2 saturated heterocycles. The normalized spacial score (nSPS) is 21.7. The van der Waals surface area contributed by atoms with Crippen LogP contribution in [-0.4, -0.2) is 92.9 Å². The Morgan fingerprint density at radius 3 is 2.58 bits per heavy atom. The van der Waals surface area contributed by atoms with Crippen molar-refractivity contribution in [2.45, 2.75) is 50.0 Å². The molecule has 2 aliphatic heterocycles. The average Bonchev–Trinajstić information content (AvgIpc) is 3.50. The van der Waals surface area contributed by atoms with E-state index in [2.05, 4.69) is 15.5 Å². The predicted octanol–water partition coefficient (Wildman–Crippen LogP) is 1.64. The standard InChI is InChI=1S/C26H29N5O10S2/c1-25(2,3)41-18(32)10-40-29-19(17-11-42-14-27-17)21(33)28-20-22(34)30-12-26(38-4,13-43-23(20)30)24(35)39-9-15-5-7-16(8-6-15)31(36)37/h5-8,11,14,20,23H,9-10,12-13H2,1-4H3,(H,28,33)/t20?,23-,26?/m1/s1. The molecule has 17 heteroatoms. The molecule has 230 valence electrons. The molecule has 2 aromatic rings. The fourth-order valence-electron chi connectivity index (χ4n) is 4.14. The fourth-order valence-corrected chi connectivity index (χ4v) is 6.18. The maximum atomic E-state index is 13.1. The number of rotatable bonds is 11. The number of hydrogen-bond acceptors (Lipinski definition) is 14. The number of oxime groups is 1. The number of β-lactam (4-membered cyclic amide) rings is 1. The van der Waals surface area contributed by atoms with E-state index in [1.54, 1.807) is 26.2 Å². The molecule has 1 aromatic heterocycles. The summed E-state index contributed by atoms with van der Waals surface area (Å²) in [6.07, 6.45) is 0. The number of fused-ring (bicyclic) bond motifs is 1. The van der Waals surface area contributed by atoms with E-state index in [4.69, 9.17) is 19.0 Å². The third-order valence-electron chi connectivity index (χ3n) is 6.27. The van der Waals surface area contributed by atoms with Gasteiger partial charge < -0.3 is 29.3 Å². The zero-order chi connectivity index (χ0) is 31.4. The molecule has 2 aliphatic rings. The first kappa shape index (κ1) is 31.8. The summed E-state index contributed by atoms with van der Waals surface area (Å²) in [4.78, 5) is 72.1. The van der Waals surface area contributed by atoms with Crippen molar-refractivity contribution in [3.8, 4) is 0 Å². The monoisotopic (exact) mass is 635 g/mol. The van der Waals surface area contributed by atoms with Gasteiger partial charge in [0.1, 0.15) is 29.3 Å². The highest BCUT2D eigenvalue weighted by molar-refractivity contribution is 8.00. The van der Waals surface area contributed by atoms with Crippen molar-refractivity contribution in [3.63, 3.8) is 0 Å². The highest BCUT2D eigenvalue weighted by Crippen LogP contribution is 2.40. The molecule has 1 N–H and O–H groups in total. The third kappa shape index (κ3) is 7.47. The predicted molar refractivity (Wildman–Crippen MR) is 153 cm³/mol. The molecule has 4 rings (SSSR count). The van der Waals surface area contributed by atoms with E-state index in [9.17, 15) is 29.3 Å². The Balaban J connectivity index is 1.36. The van der Waals surface area contributed by atoms with Gasteiger partial charge in [-0.25, -0.2) is 14.6 Å². The number of carbonyl (C=O) groups excluding carboxylic acids is 4. The molecule has 0 aliphatic carbocycles. The Hall–Kier alpha value is -4.09. The fraction of sp³-hybridized carbons (Fsp3) is 0.462. The van der Waals surface area contributed by atoms with Crippen LogP contribution in [0, 0.1) is 10.1 Å². The van der Waals surface area contributed by atoms with E-state index in [1.807, 2.05) is 0 Å². The summed E-state index contributed by atoms with van der Waals surface area (Å²) >= 11 is 2.45. The van der Waals surface area contributed by atoms with Crippen LogP contribution in [0.15, 0.2) is 40.3 Å². The average molecular weight is 636 g/mol. The van der Waals surface area contributed by atoms with Crippen molar-refractivity contribution in [3.05, 3.63) is 56.5 Å². The van der Waals surface area contributed by atoms with E-state index in [1.165, 1.54) is 64.9 Å². The van der Waals surface area contributed by atoms with Gasteiger partial charge in [-0.15, -0.1) is 23.1 Å². The van der Waals surface area contributed by atoms with Crippen LogP contribution >= 0.6 is 23.1 Å². The van der Waals surface area contributed by atoms with Crippen LogP contribution in [0.4, 0.5) is 5.69 Å². The number of hydrogen-bond donors (Lipinski definition) is 1. The van der Waals surface area contributed by atoms with Gasteiger partial charge in [0.15, 0.2) is 11.3 Å². The van der Waals surface area contributed by atoms with Crippen molar-refractivity contribution in [1.29, 1.82) is 0 Å². The van der Waals surface area contributed by atoms with Crippen molar-refractivity contribution in [1.82, 2.24) is 15.2 Å². The summed E-state index contributed by atoms with van der Waals surface area (Å²) in [5.41, 5.74) is -0.257. The minimum Gasteiger partial charge on any atom is -0.459 e. The van der Waals surface area contributed by atoms with Crippen molar-refractivity contribution >= 4 is 58.3 Å². The molecule has 2 fully saturated rings. The van der Waals surface area contributed by atoms with Gasteiger partial charge in [0.2, 0.25) is 12.5 Å². The van der Waals surface area contributed by atoms with Gasteiger partial charge in [0.05, 0.1) is 17.0 Å². The second kappa shape index (κ2) is 13.0. The number of thiazole rings is 1. The summed E-state index contributed by atoms with van der Waals surface area (Å²) in [5, 5.41) is 18.4. The second-order valence-corrected chi connectivity index (χ2v) is 12.3. The van der Waals surface area contributed by atoms with Gasteiger partial charge in [0.25, 0.3) is 11.6 Å². The Kier molecular flexibility index (Phi) is 9.66. The topological polar surface area (TPSA) is 189 Å². The second-order valence-electron chi connectivity index (χ2n) is 10.5. The van der Waals surface area contributed by atoms with E-state index in [-0.39, 0.29) is 36.0 Å². The van der Waals surface area contributed by atoms with Crippen LogP contribution in [-0.2, 0) is 44.8 Å². The van der Waals surface area contributed by atoms with Crippen LogP contribution in [0.25, 0.3) is 0 Å². The number of esters is 2. The summed E-state index contributed by atoms with van der Waals surface area (Å²) in [6, 6.07) is 4.66. The summed E-state index contributed by atoms with van der Waals surface area (Å²) in [6.45, 7) is 4.32. The number of carbonyl (C=O) groups is 4. The zero-order valence-corrected chi connectivity index (χ0v) is 25.3. The molecule has 0 spiro atoms. The smallest absolute Gasteiger partial charge is 0.347 e. The maximum absolute atomic E-state index is 13.1. The molecule has 3 heterocycles. The molecule has 0 saturated carbocycles. The lowest BCUT2D eigenvalue weighted by Gasteiger charge is -2.53. The van der Waals surface area contributed by atoms with Gasteiger partial charge in [-0.3, -0.25) is 19.7 Å². The van der Waals surface area contributed by atoms with Crippen molar-refractivity contribution in [2.75, 3.05) is 26.0 Å². The number of methoxy groups -OCH3 is 1. The summed E-state index contributed by atoms with van der Waals surface area (Å²) < 4.78 is 16.1. The van der Waals surface area contributed by atoms with Crippen molar-refractivity contribution in [2.24, 2.45) is 5.16 Å². The first-order valence-corrected chi connectivity index (χ1v) is 14.8. The number of nitro groups is 1. The zero-order valence-electron chi connectivity index (χ0n) is 23.6. The molecule has 43 heavy (non-hydrogen) atoms. The third-order valence-corrected chi connectivity index (χ3v) is 8.36. The molecule has 0 radical (unpaired) electrons. The highest BCUT2D eigenvalue weighted by atomic mass is 32.2. The van der Waals surface area contributed by atoms with Gasteiger partial charge in [-0.05, 0) is 38.5 Å². The molecule has 0 bridgehead atoms. The van der Waals surface area contributed by atoms with E-state index < -0.39 is 57.9 Å². The number of amides is 2. The van der Waals surface area contributed by atoms with Crippen LogP contribution in [0.1, 0.15) is 32.0 Å². The quantitative estimate of drug-likeness (QED) is 0.124. The number of thioether (sulfide) groups is 1. The molecule has 3 atom stereocenters. The number of nitro benzene ring substituents is 1. The Labute approximate surface area is 254 Å². The number of nitrogens with zero attached hydrogens (tertiary/aromatic N) is 4. The Morgan fingerprint density at radius 1 is 1.26 bits per heavy atom. The Morgan fingerprint density at radius 2 is 1.98 bits per heavy atom. The molecule has 2 unspecified atom stereocenters. The number of benzene rings is 1. The van der Waals surface area contributed by atoms with Crippen LogP contribution in [0.5, 0.6) is 0 Å². The summed E-state index contributed by atoms with van der Waals surface area (Å²) in [5.74, 6) is -2.41. The largest absolute Gasteiger partial charge is 0.459 e. The van der Waals surface area contributed by atoms with Crippen LogP contribution in [0.3, 0.4) is 0 Å².